The molecule has 0 unspecified atom stereocenters. The van der Waals surface area contributed by atoms with Gasteiger partial charge in [0.15, 0.2) is 18.1 Å². The van der Waals surface area contributed by atoms with E-state index in [9.17, 15) is 9.59 Å². The van der Waals surface area contributed by atoms with Gasteiger partial charge in [-0.3, -0.25) is 9.59 Å². The van der Waals surface area contributed by atoms with E-state index in [2.05, 4.69) is 26.3 Å². The zero-order valence-electron chi connectivity index (χ0n) is 23.0. The summed E-state index contributed by atoms with van der Waals surface area (Å²) >= 11 is 3.43. The Hall–Kier alpha value is -4.18. The molecule has 1 amide bonds. The Bertz CT molecular complexity index is 1590. The number of benzene rings is 3. The summed E-state index contributed by atoms with van der Waals surface area (Å²) in [4.78, 5) is 30.6. The lowest BCUT2D eigenvalue weighted by Gasteiger charge is -2.16. The maximum absolute atomic E-state index is 13.4. The van der Waals surface area contributed by atoms with E-state index in [0.717, 1.165) is 16.5 Å². The minimum absolute atomic E-state index is 0.00352. The van der Waals surface area contributed by atoms with Crippen LogP contribution in [0.25, 0.3) is 10.9 Å². The van der Waals surface area contributed by atoms with Gasteiger partial charge in [-0.1, -0.05) is 47.5 Å². The van der Waals surface area contributed by atoms with E-state index in [4.69, 9.17) is 19.2 Å². The fraction of sp³-hybridized carbons (Fsp3) is 0.267. The van der Waals surface area contributed by atoms with Crippen molar-refractivity contribution in [2.45, 2.75) is 33.1 Å². The predicted octanol–water partition coefficient (Wildman–Crippen LogP) is 5.90. The number of aryl methyl sites for hydroxylation is 1. The number of ether oxygens (including phenoxy) is 3. The van der Waals surface area contributed by atoms with Crippen LogP contribution in [0, 0.1) is 6.92 Å². The van der Waals surface area contributed by atoms with Crippen molar-refractivity contribution in [3.63, 3.8) is 0 Å². The summed E-state index contributed by atoms with van der Waals surface area (Å²) in [6, 6.07) is 16.3. The molecule has 0 aliphatic carbocycles. The van der Waals surface area contributed by atoms with E-state index in [0.29, 0.717) is 39.5 Å². The van der Waals surface area contributed by atoms with Gasteiger partial charge >= 0.3 is 0 Å². The molecule has 1 N–H and O–H groups in total. The van der Waals surface area contributed by atoms with Crippen molar-refractivity contribution in [2.75, 3.05) is 26.1 Å². The Kier molecular flexibility index (Phi) is 9.21. The van der Waals surface area contributed by atoms with Gasteiger partial charge in [-0.2, -0.15) is 9.78 Å². The van der Waals surface area contributed by atoms with Gasteiger partial charge in [0.25, 0.3) is 11.5 Å². The summed E-state index contributed by atoms with van der Waals surface area (Å²) in [5.41, 5.74) is 2.72. The second kappa shape index (κ2) is 12.8. The van der Waals surface area contributed by atoms with Crippen LogP contribution in [0.2, 0.25) is 0 Å². The van der Waals surface area contributed by atoms with E-state index in [-0.39, 0.29) is 29.7 Å². The number of halogens is 1. The summed E-state index contributed by atoms with van der Waals surface area (Å²) in [5, 5.41) is 7.77. The third-order valence-corrected chi connectivity index (χ3v) is 6.87. The van der Waals surface area contributed by atoms with Crippen LogP contribution < -0.4 is 25.1 Å². The van der Waals surface area contributed by atoms with E-state index < -0.39 is 0 Å². The molecule has 4 aromatic rings. The number of rotatable bonds is 10. The minimum atomic E-state index is -0.328. The molecular weight excluding hydrogens is 576 g/mol. The molecule has 0 radical (unpaired) electrons. The Labute approximate surface area is 240 Å². The molecule has 208 valence electrons. The standard InChI is InChI=1S/C30H31BrN4O5/c1-6-19(3)29-34-24-12-9-21(31)15-23(24)30(37)35(29)32-16-20-13-25(38-4)28(26(14-20)39-5)40-17-27(36)33-22-10-7-18(2)8-11-22/h7-16,19H,6,17H2,1-5H3,(H,33,36)/t19-/m1/s1. The molecule has 1 heterocycles. The molecule has 1 aromatic heterocycles. The van der Waals surface area contributed by atoms with Crippen molar-refractivity contribution in [3.05, 3.63) is 86.4 Å². The molecule has 9 nitrogen and oxygen atoms in total. The molecular formula is C30H31BrN4O5. The zero-order chi connectivity index (χ0) is 28.8. The Balaban J connectivity index is 1.63. The number of amides is 1. The van der Waals surface area contributed by atoms with Crippen molar-refractivity contribution in [3.8, 4) is 17.2 Å². The molecule has 10 heteroatoms. The number of aromatic nitrogens is 2. The van der Waals surface area contributed by atoms with Crippen molar-refractivity contribution >= 4 is 44.6 Å². The van der Waals surface area contributed by atoms with Gasteiger partial charge in [-0.15, -0.1) is 0 Å². The van der Waals surface area contributed by atoms with Gasteiger partial charge in [-0.05, 0) is 55.8 Å². The number of fused-ring (bicyclic) bond motifs is 1. The van der Waals surface area contributed by atoms with E-state index >= 15 is 0 Å². The first-order valence-corrected chi connectivity index (χ1v) is 13.5. The largest absolute Gasteiger partial charge is 0.493 e. The predicted molar refractivity (Wildman–Crippen MR) is 160 cm³/mol. The lowest BCUT2D eigenvalue weighted by atomic mass is 10.1. The maximum Gasteiger partial charge on any atom is 0.282 e. The summed E-state index contributed by atoms with van der Waals surface area (Å²) in [5.74, 6) is 1.21. The molecule has 0 aliphatic heterocycles. The van der Waals surface area contributed by atoms with Gasteiger partial charge in [0.2, 0.25) is 5.75 Å². The number of nitrogens with zero attached hydrogens (tertiary/aromatic N) is 3. The molecule has 0 spiro atoms. The van der Waals surface area contributed by atoms with Gasteiger partial charge < -0.3 is 19.5 Å². The van der Waals surface area contributed by atoms with Crippen LogP contribution in [0.15, 0.2) is 69.0 Å². The fourth-order valence-corrected chi connectivity index (χ4v) is 4.35. The van der Waals surface area contributed by atoms with Crippen molar-refractivity contribution in [1.82, 2.24) is 9.66 Å². The summed E-state index contributed by atoms with van der Waals surface area (Å²) < 4.78 is 19.0. The Morgan fingerprint density at radius 2 is 1.77 bits per heavy atom. The summed E-state index contributed by atoms with van der Waals surface area (Å²) in [7, 11) is 2.98. The number of hydrogen-bond donors (Lipinski definition) is 1. The molecule has 1 atom stereocenters. The highest BCUT2D eigenvalue weighted by Crippen LogP contribution is 2.38. The van der Waals surface area contributed by atoms with E-state index in [1.807, 2.05) is 57.2 Å². The average molecular weight is 608 g/mol. The van der Waals surface area contributed by atoms with Gasteiger partial charge in [-0.25, -0.2) is 4.98 Å². The topological polar surface area (TPSA) is 104 Å². The monoisotopic (exact) mass is 606 g/mol. The first-order valence-electron chi connectivity index (χ1n) is 12.8. The smallest absolute Gasteiger partial charge is 0.282 e. The van der Waals surface area contributed by atoms with E-state index in [1.165, 1.54) is 25.1 Å². The lowest BCUT2D eigenvalue weighted by Crippen LogP contribution is -2.23. The van der Waals surface area contributed by atoms with Gasteiger partial charge in [0, 0.05) is 21.6 Å². The van der Waals surface area contributed by atoms with Gasteiger partial charge in [0.1, 0.15) is 5.82 Å². The van der Waals surface area contributed by atoms with Crippen LogP contribution in [0.3, 0.4) is 0 Å². The second-order valence-electron chi connectivity index (χ2n) is 9.26. The molecule has 40 heavy (non-hydrogen) atoms. The van der Waals surface area contributed by atoms with Gasteiger partial charge in [0.05, 0.1) is 31.3 Å². The molecule has 0 saturated heterocycles. The molecule has 0 fully saturated rings. The third kappa shape index (κ3) is 6.51. The molecule has 0 bridgehead atoms. The normalized spacial score (nSPS) is 11.9. The van der Waals surface area contributed by atoms with Crippen molar-refractivity contribution in [1.29, 1.82) is 0 Å². The lowest BCUT2D eigenvalue weighted by molar-refractivity contribution is -0.118. The highest BCUT2D eigenvalue weighted by Gasteiger charge is 2.18. The van der Waals surface area contributed by atoms with E-state index in [1.54, 1.807) is 18.2 Å². The highest BCUT2D eigenvalue weighted by atomic mass is 79.9. The Morgan fingerprint density at radius 1 is 1.10 bits per heavy atom. The van der Waals surface area contributed by atoms with Crippen molar-refractivity contribution in [2.24, 2.45) is 5.10 Å². The Morgan fingerprint density at radius 3 is 2.40 bits per heavy atom. The van der Waals surface area contributed by atoms with Crippen LogP contribution >= 0.6 is 15.9 Å². The minimum Gasteiger partial charge on any atom is -0.493 e. The van der Waals surface area contributed by atoms with Crippen LogP contribution in [0.1, 0.15) is 43.1 Å². The number of hydrogen-bond acceptors (Lipinski definition) is 7. The second-order valence-corrected chi connectivity index (χ2v) is 10.2. The number of carbonyl (C=O) groups excluding carboxylic acids is 1. The number of nitrogens with one attached hydrogen (secondary N) is 1. The molecule has 0 aliphatic rings. The van der Waals surface area contributed by atoms with Crippen LogP contribution in [0.5, 0.6) is 17.2 Å². The number of carbonyl (C=O) groups is 1. The zero-order valence-corrected chi connectivity index (χ0v) is 24.6. The maximum atomic E-state index is 13.4. The fourth-order valence-electron chi connectivity index (χ4n) is 3.99. The SMILES string of the molecule is CC[C@@H](C)c1nc2ccc(Br)cc2c(=O)n1N=Cc1cc(OC)c(OCC(=O)Nc2ccc(C)cc2)c(OC)c1. The van der Waals surface area contributed by atoms with Crippen molar-refractivity contribution < 1.29 is 19.0 Å². The molecule has 4 rings (SSSR count). The number of methoxy groups -OCH3 is 2. The first-order chi connectivity index (χ1) is 19.2. The van der Waals surface area contributed by atoms with Crippen LogP contribution in [0.4, 0.5) is 5.69 Å². The van der Waals surface area contributed by atoms with Crippen LogP contribution in [-0.4, -0.2) is 42.6 Å². The highest BCUT2D eigenvalue weighted by molar-refractivity contribution is 9.10. The third-order valence-electron chi connectivity index (χ3n) is 6.37. The molecule has 3 aromatic carbocycles. The molecule has 0 saturated carbocycles. The number of anilines is 1. The summed E-state index contributed by atoms with van der Waals surface area (Å²) in [6.45, 7) is 5.76. The summed E-state index contributed by atoms with van der Waals surface area (Å²) in [6.07, 6.45) is 2.33. The average Bonchev–Trinajstić information content (AvgIpc) is 2.96. The quantitative estimate of drug-likeness (QED) is 0.225. The van der Waals surface area contributed by atoms with Crippen LogP contribution in [-0.2, 0) is 4.79 Å². The first kappa shape index (κ1) is 28.8.